The van der Waals surface area contributed by atoms with Crippen LogP contribution in [0.3, 0.4) is 0 Å². The van der Waals surface area contributed by atoms with Crippen LogP contribution in [0.2, 0.25) is 0 Å². The number of amides is 1. The Labute approximate surface area is 157 Å². The Morgan fingerprint density at radius 2 is 1.92 bits per heavy atom. The van der Waals surface area contributed by atoms with Gasteiger partial charge in [-0.15, -0.1) is 16.8 Å². The molecule has 26 heavy (non-hydrogen) atoms. The van der Waals surface area contributed by atoms with Crippen LogP contribution in [-0.2, 0) is 4.79 Å². The van der Waals surface area contributed by atoms with E-state index >= 15 is 0 Å². The molecule has 6 heteroatoms. The molecule has 0 fully saturated rings. The average molecular weight is 364 g/mol. The van der Waals surface area contributed by atoms with Gasteiger partial charge in [-0.05, 0) is 31.2 Å². The molecule has 0 unspecified atom stereocenters. The lowest BCUT2D eigenvalue weighted by molar-refractivity contribution is -0.116. The quantitative estimate of drug-likeness (QED) is 0.471. The zero-order valence-corrected chi connectivity index (χ0v) is 15.4. The maximum atomic E-state index is 12.7. The molecule has 3 aromatic rings. The van der Waals surface area contributed by atoms with Crippen LogP contribution in [0.1, 0.15) is 5.56 Å². The van der Waals surface area contributed by atoms with Crippen molar-refractivity contribution in [1.82, 2.24) is 14.8 Å². The first-order chi connectivity index (χ1) is 12.7. The van der Waals surface area contributed by atoms with Gasteiger partial charge in [0.2, 0.25) is 5.91 Å². The fraction of sp³-hybridized carbons (Fsp3) is 0.150. The number of hydrogen-bond acceptors (Lipinski definition) is 4. The molecular formula is C20H20N4OS. The smallest absolute Gasteiger partial charge is 0.237 e. The number of anilines is 1. The number of nitrogens with zero attached hydrogens (tertiary/aromatic N) is 4. The van der Waals surface area contributed by atoms with Crippen molar-refractivity contribution < 1.29 is 4.79 Å². The van der Waals surface area contributed by atoms with Crippen molar-refractivity contribution in [1.29, 1.82) is 0 Å². The fourth-order valence-electron chi connectivity index (χ4n) is 2.50. The maximum Gasteiger partial charge on any atom is 0.237 e. The third kappa shape index (κ3) is 4.21. The molecule has 1 aromatic heterocycles. The molecule has 1 heterocycles. The van der Waals surface area contributed by atoms with E-state index in [4.69, 9.17) is 0 Å². The van der Waals surface area contributed by atoms with Crippen LogP contribution in [0.25, 0.3) is 5.69 Å². The van der Waals surface area contributed by atoms with Crippen LogP contribution in [0.5, 0.6) is 0 Å². The minimum absolute atomic E-state index is 0.000411. The largest absolute Gasteiger partial charge is 0.308 e. The third-order valence-electron chi connectivity index (χ3n) is 3.83. The Hall–Kier alpha value is -2.86. The topological polar surface area (TPSA) is 51.0 Å². The Kier molecular flexibility index (Phi) is 5.86. The molecule has 0 aliphatic carbocycles. The summed E-state index contributed by atoms with van der Waals surface area (Å²) in [6.07, 6.45) is 3.39. The molecule has 3 rings (SSSR count). The van der Waals surface area contributed by atoms with Gasteiger partial charge in [-0.2, -0.15) is 0 Å². The second kappa shape index (κ2) is 8.49. The molecule has 0 radical (unpaired) electrons. The van der Waals surface area contributed by atoms with E-state index < -0.39 is 0 Å². The second-order valence-corrected chi connectivity index (χ2v) is 6.68. The van der Waals surface area contributed by atoms with Crippen LogP contribution >= 0.6 is 11.8 Å². The van der Waals surface area contributed by atoms with Gasteiger partial charge < -0.3 is 4.90 Å². The molecule has 0 saturated carbocycles. The van der Waals surface area contributed by atoms with E-state index in [1.807, 2.05) is 66.1 Å². The normalized spacial score (nSPS) is 10.5. The molecule has 0 N–H and O–H groups in total. The summed E-state index contributed by atoms with van der Waals surface area (Å²) in [5.41, 5.74) is 3.02. The van der Waals surface area contributed by atoms with Crippen molar-refractivity contribution in [3.05, 3.63) is 79.1 Å². The van der Waals surface area contributed by atoms with E-state index in [0.717, 1.165) is 11.4 Å². The highest BCUT2D eigenvalue weighted by molar-refractivity contribution is 7.99. The zero-order valence-electron chi connectivity index (χ0n) is 14.6. The van der Waals surface area contributed by atoms with Crippen molar-refractivity contribution in [2.24, 2.45) is 0 Å². The summed E-state index contributed by atoms with van der Waals surface area (Å²) >= 11 is 1.37. The van der Waals surface area contributed by atoms with Crippen molar-refractivity contribution >= 4 is 23.4 Å². The van der Waals surface area contributed by atoms with Crippen LogP contribution in [0.4, 0.5) is 5.69 Å². The van der Waals surface area contributed by atoms with E-state index in [9.17, 15) is 4.79 Å². The number of aromatic nitrogens is 3. The first-order valence-corrected chi connectivity index (χ1v) is 9.24. The van der Waals surface area contributed by atoms with Crippen LogP contribution < -0.4 is 4.90 Å². The van der Waals surface area contributed by atoms with E-state index in [-0.39, 0.29) is 11.7 Å². The molecule has 0 bridgehead atoms. The van der Waals surface area contributed by atoms with Crippen LogP contribution in [0.15, 0.2) is 78.7 Å². The predicted molar refractivity (Wildman–Crippen MR) is 106 cm³/mol. The number of carbonyl (C=O) groups excluding carboxylic acids is 1. The molecule has 132 valence electrons. The van der Waals surface area contributed by atoms with Crippen LogP contribution in [0, 0.1) is 6.92 Å². The molecule has 0 aliphatic heterocycles. The van der Waals surface area contributed by atoms with E-state index in [1.165, 1.54) is 17.3 Å². The molecule has 5 nitrogen and oxygen atoms in total. The molecule has 1 amide bonds. The van der Waals surface area contributed by atoms with Gasteiger partial charge in [0.25, 0.3) is 0 Å². The molecule has 0 saturated heterocycles. The van der Waals surface area contributed by atoms with Gasteiger partial charge in [0.1, 0.15) is 6.33 Å². The van der Waals surface area contributed by atoms with Gasteiger partial charge in [0.15, 0.2) is 5.16 Å². The summed E-state index contributed by atoms with van der Waals surface area (Å²) in [6.45, 7) is 6.26. The maximum absolute atomic E-state index is 12.7. The minimum Gasteiger partial charge on any atom is -0.308 e. The highest BCUT2D eigenvalue weighted by Crippen LogP contribution is 2.22. The lowest BCUT2D eigenvalue weighted by Crippen LogP contribution is -2.32. The number of rotatable bonds is 7. The Morgan fingerprint density at radius 3 is 2.62 bits per heavy atom. The molecule has 2 aromatic carbocycles. The summed E-state index contributed by atoms with van der Waals surface area (Å²) < 4.78 is 1.89. The summed E-state index contributed by atoms with van der Waals surface area (Å²) in [7, 11) is 0. The average Bonchev–Trinajstić information content (AvgIpc) is 3.14. The Morgan fingerprint density at radius 1 is 1.19 bits per heavy atom. The van der Waals surface area contributed by atoms with Gasteiger partial charge in [0, 0.05) is 17.9 Å². The number of para-hydroxylation sites is 1. The van der Waals surface area contributed by atoms with Crippen molar-refractivity contribution in [3.8, 4) is 5.69 Å². The molecule has 0 spiro atoms. The van der Waals surface area contributed by atoms with Crippen molar-refractivity contribution in [3.63, 3.8) is 0 Å². The minimum atomic E-state index is -0.000411. The van der Waals surface area contributed by atoms with E-state index in [1.54, 1.807) is 17.3 Å². The van der Waals surface area contributed by atoms with Gasteiger partial charge in [-0.3, -0.25) is 9.36 Å². The Bertz CT molecular complexity index is 874. The summed E-state index contributed by atoms with van der Waals surface area (Å²) in [4.78, 5) is 14.4. The predicted octanol–water partition coefficient (Wildman–Crippen LogP) is 3.89. The first-order valence-electron chi connectivity index (χ1n) is 8.25. The third-order valence-corrected chi connectivity index (χ3v) is 4.76. The number of carbonyl (C=O) groups is 1. The summed E-state index contributed by atoms with van der Waals surface area (Å²) in [5, 5.41) is 8.83. The lowest BCUT2D eigenvalue weighted by Gasteiger charge is -2.21. The number of benzene rings is 2. The standard InChI is InChI=1S/C20H20N4OS/c1-3-13-23(17-7-5-4-6-8-17)19(25)14-26-20-22-21-15-24(20)18-11-9-16(2)10-12-18/h3-12,15H,1,13-14H2,2H3. The lowest BCUT2D eigenvalue weighted by atomic mass is 10.2. The van der Waals surface area contributed by atoms with Gasteiger partial charge in [0.05, 0.1) is 5.75 Å². The van der Waals surface area contributed by atoms with Crippen LogP contribution in [-0.4, -0.2) is 33.0 Å². The molecule has 0 aliphatic rings. The fourth-order valence-corrected chi connectivity index (χ4v) is 3.30. The SMILES string of the molecule is C=CCN(C(=O)CSc1nncn1-c1ccc(C)cc1)c1ccccc1. The number of aryl methyl sites for hydroxylation is 1. The summed E-state index contributed by atoms with van der Waals surface area (Å²) in [5.74, 6) is 0.271. The van der Waals surface area contributed by atoms with E-state index in [0.29, 0.717) is 11.7 Å². The van der Waals surface area contributed by atoms with Gasteiger partial charge in [-0.25, -0.2) is 0 Å². The van der Waals surface area contributed by atoms with Crippen molar-refractivity contribution in [2.75, 3.05) is 17.2 Å². The van der Waals surface area contributed by atoms with Gasteiger partial charge >= 0.3 is 0 Å². The highest BCUT2D eigenvalue weighted by Gasteiger charge is 2.16. The van der Waals surface area contributed by atoms with Gasteiger partial charge in [-0.1, -0.05) is 53.7 Å². The number of thioether (sulfide) groups is 1. The first kappa shape index (κ1) is 17.9. The summed E-state index contributed by atoms with van der Waals surface area (Å²) in [6, 6.07) is 17.7. The molecular weight excluding hydrogens is 344 g/mol. The Balaban J connectivity index is 1.72. The monoisotopic (exact) mass is 364 g/mol. The van der Waals surface area contributed by atoms with Crippen molar-refractivity contribution in [2.45, 2.75) is 12.1 Å². The highest BCUT2D eigenvalue weighted by atomic mass is 32.2. The number of hydrogen-bond donors (Lipinski definition) is 0. The molecule has 0 atom stereocenters. The second-order valence-electron chi connectivity index (χ2n) is 5.74. The van der Waals surface area contributed by atoms with E-state index in [2.05, 4.69) is 16.8 Å². The zero-order chi connectivity index (χ0) is 18.4.